The highest BCUT2D eigenvalue weighted by Gasteiger charge is 2.30. The summed E-state index contributed by atoms with van der Waals surface area (Å²) in [6.45, 7) is 0. The molecular weight excluding hydrogens is 358 g/mol. The summed E-state index contributed by atoms with van der Waals surface area (Å²) in [5.41, 5.74) is 3.38. The highest BCUT2D eigenvalue weighted by molar-refractivity contribution is 5.94. The molecule has 3 heteroatoms. The van der Waals surface area contributed by atoms with Crippen LogP contribution in [0.4, 0.5) is 0 Å². The van der Waals surface area contributed by atoms with Crippen molar-refractivity contribution in [2.45, 2.75) is 18.6 Å². The SMILES string of the molecule is c1ccc(C(C2=NOC(Oc3ccc4ccccc4c3)C2)c2ccccc2)cc1. The lowest BCUT2D eigenvalue weighted by Gasteiger charge is -2.18. The first-order valence-corrected chi connectivity index (χ1v) is 9.85. The second-order valence-corrected chi connectivity index (χ2v) is 7.20. The van der Waals surface area contributed by atoms with Crippen molar-refractivity contribution in [1.82, 2.24) is 0 Å². The summed E-state index contributed by atoms with van der Waals surface area (Å²) >= 11 is 0. The van der Waals surface area contributed by atoms with E-state index in [0.29, 0.717) is 6.42 Å². The van der Waals surface area contributed by atoms with Gasteiger partial charge >= 0.3 is 0 Å². The molecule has 0 N–H and O–H groups in total. The highest BCUT2D eigenvalue weighted by atomic mass is 16.8. The van der Waals surface area contributed by atoms with Gasteiger partial charge in [0.05, 0.1) is 18.1 Å². The van der Waals surface area contributed by atoms with E-state index < -0.39 is 6.29 Å². The summed E-state index contributed by atoms with van der Waals surface area (Å²) in [7, 11) is 0. The number of hydrogen-bond donors (Lipinski definition) is 0. The predicted molar refractivity (Wildman–Crippen MR) is 116 cm³/mol. The van der Waals surface area contributed by atoms with Gasteiger partial charge in [-0.25, -0.2) is 0 Å². The topological polar surface area (TPSA) is 30.8 Å². The van der Waals surface area contributed by atoms with Gasteiger partial charge in [0.1, 0.15) is 5.75 Å². The fourth-order valence-electron chi connectivity index (χ4n) is 3.87. The zero-order valence-electron chi connectivity index (χ0n) is 15.9. The molecule has 0 aromatic heterocycles. The summed E-state index contributed by atoms with van der Waals surface area (Å²) in [5, 5.41) is 6.76. The zero-order chi connectivity index (χ0) is 19.5. The van der Waals surface area contributed by atoms with Gasteiger partial charge in [-0.2, -0.15) is 0 Å². The standard InChI is InChI=1S/C26H21NO2/c1-3-10-20(11-4-1)26(21-12-5-2-6-13-21)24-18-25(29-27-24)28-23-16-15-19-9-7-8-14-22(19)17-23/h1-17,25-26H,18H2. The van der Waals surface area contributed by atoms with Crippen LogP contribution >= 0.6 is 0 Å². The normalized spacial score (nSPS) is 15.9. The third-order valence-electron chi connectivity index (χ3n) is 5.25. The van der Waals surface area contributed by atoms with Crippen LogP contribution < -0.4 is 4.74 Å². The molecule has 1 heterocycles. The third kappa shape index (κ3) is 3.72. The molecule has 1 unspecified atom stereocenters. The molecule has 3 nitrogen and oxygen atoms in total. The van der Waals surface area contributed by atoms with Gasteiger partial charge in [-0.05, 0) is 34.0 Å². The van der Waals surface area contributed by atoms with Crippen molar-refractivity contribution in [1.29, 1.82) is 0 Å². The van der Waals surface area contributed by atoms with Gasteiger partial charge in [0.25, 0.3) is 6.29 Å². The van der Waals surface area contributed by atoms with Gasteiger partial charge in [-0.1, -0.05) is 96.2 Å². The first kappa shape index (κ1) is 17.5. The van der Waals surface area contributed by atoms with E-state index in [-0.39, 0.29) is 5.92 Å². The summed E-state index contributed by atoms with van der Waals surface area (Å²) in [4.78, 5) is 5.67. The molecule has 0 bridgehead atoms. The van der Waals surface area contributed by atoms with Gasteiger partial charge in [-0.3, -0.25) is 0 Å². The Balaban J connectivity index is 1.37. The minimum absolute atomic E-state index is 0.0580. The molecule has 29 heavy (non-hydrogen) atoms. The van der Waals surface area contributed by atoms with Crippen molar-refractivity contribution in [3.05, 3.63) is 114 Å². The maximum atomic E-state index is 6.10. The predicted octanol–water partition coefficient (Wildman–Crippen LogP) is 6.15. The average molecular weight is 379 g/mol. The highest BCUT2D eigenvalue weighted by Crippen LogP contribution is 2.32. The smallest absolute Gasteiger partial charge is 0.270 e. The van der Waals surface area contributed by atoms with Crippen LogP contribution in [0.25, 0.3) is 10.8 Å². The van der Waals surface area contributed by atoms with Crippen molar-refractivity contribution in [3.8, 4) is 5.75 Å². The van der Waals surface area contributed by atoms with E-state index in [2.05, 4.69) is 71.9 Å². The number of oxime groups is 1. The number of rotatable bonds is 5. The lowest BCUT2D eigenvalue weighted by Crippen LogP contribution is -2.19. The van der Waals surface area contributed by atoms with E-state index in [4.69, 9.17) is 9.57 Å². The van der Waals surface area contributed by atoms with E-state index >= 15 is 0 Å². The molecular formula is C26H21NO2. The Morgan fingerprint density at radius 2 is 1.34 bits per heavy atom. The van der Waals surface area contributed by atoms with Crippen LogP contribution in [0.5, 0.6) is 5.75 Å². The van der Waals surface area contributed by atoms with Crippen LogP contribution in [-0.4, -0.2) is 12.0 Å². The van der Waals surface area contributed by atoms with E-state index in [1.165, 1.54) is 16.5 Å². The van der Waals surface area contributed by atoms with Crippen molar-refractivity contribution in [2.75, 3.05) is 0 Å². The fraction of sp³-hybridized carbons (Fsp3) is 0.115. The number of nitrogens with zero attached hydrogens (tertiary/aromatic N) is 1. The molecule has 0 saturated carbocycles. The van der Waals surface area contributed by atoms with E-state index in [0.717, 1.165) is 16.8 Å². The minimum atomic E-state index is -0.416. The molecule has 1 atom stereocenters. The molecule has 0 amide bonds. The number of benzene rings is 4. The summed E-state index contributed by atoms with van der Waals surface area (Å²) in [6.07, 6.45) is 0.211. The number of hydrogen-bond acceptors (Lipinski definition) is 3. The molecule has 142 valence electrons. The van der Waals surface area contributed by atoms with Crippen LogP contribution in [-0.2, 0) is 4.84 Å². The Morgan fingerprint density at radius 3 is 2.03 bits per heavy atom. The second-order valence-electron chi connectivity index (χ2n) is 7.20. The second kappa shape index (κ2) is 7.80. The number of fused-ring (bicyclic) bond motifs is 1. The zero-order valence-corrected chi connectivity index (χ0v) is 15.9. The number of ether oxygens (including phenoxy) is 1. The quantitative estimate of drug-likeness (QED) is 0.416. The van der Waals surface area contributed by atoms with E-state index in [1.54, 1.807) is 0 Å². The summed E-state index contributed by atoms with van der Waals surface area (Å²) in [6, 6.07) is 35.2. The average Bonchev–Trinajstić information content (AvgIpc) is 3.23. The van der Waals surface area contributed by atoms with Gasteiger partial charge in [-0.15, -0.1) is 0 Å². The molecule has 0 fully saturated rings. The Hall–Kier alpha value is -3.59. The molecule has 0 saturated heterocycles. The van der Waals surface area contributed by atoms with Crippen LogP contribution in [0.15, 0.2) is 108 Å². The molecule has 4 aromatic rings. The van der Waals surface area contributed by atoms with E-state index in [1.807, 2.05) is 36.4 Å². The fourth-order valence-corrected chi connectivity index (χ4v) is 3.87. The van der Waals surface area contributed by atoms with Gasteiger partial charge in [0.15, 0.2) is 0 Å². The van der Waals surface area contributed by atoms with Crippen molar-refractivity contribution >= 4 is 16.5 Å². The maximum Gasteiger partial charge on any atom is 0.270 e. The minimum Gasteiger partial charge on any atom is -0.452 e. The maximum absolute atomic E-state index is 6.10. The monoisotopic (exact) mass is 379 g/mol. The van der Waals surface area contributed by atoms with Crippen LogP contribution in [0.2, 0.25) is 0 Å². The van der Waals surface area contributed by atoms with E-state index in [9.17, 15) is 0 Å². The third-order valence-corrected chi connectivity index (χ3v) is 5.25. The van der Waals surface area contributed by atoms with Crippen molar-refractivity contribution < 1.29 is 9.57 Å². The lowest BCUT2D eigenvalue weighted by atomic mass is 9.86. The molecule has 5 rings (SSSR count). The van der Waals surface area contributed by atoms with Crippen molar-refractivity contribution in [3.63, 3.8) is 0 Å². The summed E-state index contributed by atoms with van der Waals surface area (Å²) in [5.74, 6) is 0.851. The Kier molecular flexibility index (Phi) is 4.71. The van der Waals surface area contributed by atoms with Crippen LogP contribution in [0.1, 0.15) is 23.5 Å². The first-order valence-electron chi connectivity index (χ1n) is 9.85. The van der Waals surface area contributed by atoms with Crippen molar-refractivity contribution in [2.24, 2.45) is 5.16 Å². The van der Waals surface area contributed by atoms with Gasteiger partial charge in [0.2, 0.25) is 0 Å². The Bertz CT molecular complexity index is 1100. The Labute approximate surface area is 170 Å². The molecule has 4 aromatic carbocycles. The Morgan fingerprint density at radius 1 is 0.724 bits per heavy atom. The summed E-state index contributed by atoms with van der Waals surface area (Å²) < 4.78 is 6.10. The molecule has 0 radical (unpaired) electrons. The van der Waals surface area contributed by atoms with Gasteiger partial charge < -0.3 is 9.57 Å². The molecule has 0 aliphatic carbocycles. The van der Waals surface area contributed by atoms with Gasteiger partial charge in [0, 0.05) is 0 Å². The molecule has 1 aliphatic heterocycles. The molecule has 0 spiro atoms. The lowest BCUT2D eigenvalue weighted by molar-refractivity contribution is -0.0569. The molecule has 1 aliphatic rings. The first-order chi connectivity index (χ1) is 14.4. The largest absolute Gasteiger partial charge is 0.452 e. The van der Waals surface area contributed by atoms with Crippen LogP contribution in [0.3, 0.4) is 0 Å². The van der Waals surface area contributed by atoms with Crippen LogP contribution in [0, 0.1) is 0 Å².